The van der Waals surface area contributed by atoms with E-state index < -0.39 is 0 Å². The first kappa shape index (κ1) is 17.2. The first-order valence-corrected chi connectivity index (χ1v) is 9.50. The van der Waals surface area contributed by atoms with Crippen LogP contribution in [0.5, 0.6) is 0 Å². The standard InChI is InChI=1S/C17H23BrClN3O/c18-13-5-6-16(15(19)10-13)20-17(23)12-22-9-3-4-14(22)11-21-7-1-2-8-21/h5-6,10,14H,1-4,7-9,11-12H2,(H,20,23). The summed E-state index contributed by atoms with van der Waals surface area (Å²) in [6, 6.07) is 6.02. The van der Waals surface area contributed by atoms with Crippen molar-refractivity contribution in [3.05, 3.63) is 27.7 Å². The Morgan fingerprint density at radius 3 is 2.78 bits per heavy atom. The molecule has 3 rings (SSSR count). The number of carbonyl (C=O) groups is 1. The van der Waals surface area contributed by atoms with Crippen LogP contribution in [0.2, 0.25) is 5.02 Å². The number of nitrogens with one attached hydrogen (secondary N) is 1. The first-order chi connectivity index (χ1) is 11.1. The van der Waals surface area contributed by atoms with Gasteiger partial charge in [-0.25, -0.2) is 0 Å². The second kappa shape index (κ2) is 7.97. The molecular weight excluding hydrogens is 378 g/mol. The van der Waals surface area contributed by atoms with Crippen molar-refractivity contribution in [1.82, 2.24) is 9.80 Å². The number of rotatable bonds is 5. The van der Waals surface area contributed by atoms with E-state index in [1.54, 1.807) is 6.07 Å². The van der Waals surface area contributed by atoms with E-state index in [9.17, 15) is 4.79 Å². The molecule has 1 N–H and O–H groups in total. The molecule has 1 unspecified atom stereocenters. The molecule has 126 valence electrons. The number of nitrogens with zero attached hydrogens (tertiary/aromatic N) is 2. The van der Waals surface area contributed by atoms with Gasteiger partial charge >= 0.3 is 0 Å². The Morgan fingerprint density at radius 2 is 2.04 bits per heavy atom. The van der Waals surface area contributed by atoms with Crippen LogP contribution < -0.4 is 5.32 Å². The summed E-state index contributed by atoms with van der Waals surface area (Å²) in [5.74, 6) is 0.0162. The minimum atomic E-state index is 0.0162. The highest BCUT2D eigenvalue weighted by atomic mass is 79.9. The average Bonchev–Trinajstić information content (AvgIpc) is 3.15. The van der Waals surface area contributed by atoms with Crippen molar-refractivity contribution in [3.63, 3.8) is 0 Å². The normalized spacial score (nSPS) is 22.6. The molecule has 4 nitrogen and oxygen atoms in total. The number of amides is 1. The van der Waals surface area contributed by atoms with E-state index in [0.717, 1.165) is 17.6 Å². The van der Waals surface area contributed by atoms with Gasteiger partial charge in [0.05, 0.1) is 17.3 Å². The smallest absolute Gasteiger partial charge is 0.238 e. The fourth-order valence-corrected chi connectivity index (χ4v) is 4.26. The molecule has 1 amide bonds. The van der Waals surface area contributed by atoms with Crippen LogP contribution in [0.25, 0.3) is 0 Å². The van der Waals surface area contributed by atoms with Crippen LogP contribution in [0, 0.1) is 0 Å². The molecule has 0 bridgehead atoms. The van der Waals surface area contributed by atoms with Gasteiger partial charge in [-0.3, -0.25) is 9.69 Å². The molecule has 0 radical (unpaired) electrons. The largest absolute Gasteiger partial charge is 0.324 e. The third-order valence-electron chi connectivity index (χ3n) is 4.72. The summed E-state index contributed by atoms with van der Waals surface area (Å²) in [6.07, 6.45) is 5.01. The second-order valence-corrected chi connectivity index (χ2v) is 7.77. The lowest BCUT2D eigenvalue weighted by Gasteiger charge is -2.28. The van der Waals surface area contributed by atoms with Crippen molar-refractivity contribution >= 4 is 39.1 Å². The van der Waals surface area contributed by atoms with Crippen molar-refractivity contribution in [1.29, 1.82) is 0 Å². The van der Waals surface area contributed by atoms with Crippen LogP contribution in [0.3, 0.4) is 0 Å². The zero-order valence-electron chi connectivity index (χ0n) is 13.2. The molecule has 1 aromatic rings. The van der Waals surface area contributed by atoms with Gasteiger partial charge < -0.3 is 10.2 Å². The van der Waals surface area contributed by atoms with Gasteiger partial charge in [0.2, 0.25) is 5.91 Å². The van der Waals surface area contributed by atoms with Crippen LogP contribution >= 0.6 is 27.5 Å². The summed E-state index contributed by atoms with van der Waals surface area (Å²) in [6.45, 7) is 4.99. The summed E-state index contributed by atoms with van der Waals surface area (Å²) in [4.78, 5) is 17.2. The maximum atomic E-state index is 12.4. The zero-order chi connectivity index (χ0) is 16.2. The van der Waals surface area contributed by atoms with Crippen LogP contribution in [-0.2, 0) is 4.79 Å². The fourth-order valence-electron chi connectivity index (χ4n) is 3.54. The van der Waals surface area contributed by atoms with Crippen LogP contribution in [0.4, 0.5) is 5.69 Å². The van der Waals surface area contributed by atoms with Crippen molar-refractivity contribution in [2.45, 2.75) is 31.7 Å². The topological polar surface area (TPSA) is 35.6 Å². The Labute approximate surface area is 151 Å². The molecule has 0 aliphatic carbocycles. The molecule has 6 heteroatoms. The SMILES string of the molecule is O=C(CN1CCCC1CN1CCCC1)Nc1ccc(Br)cc1Cl. The van der Waals surface area contributed by atoms with Gasteiger partial charge in [0.25, 0.3) is 0 Å². The van der Waals surface area contributed by atoms with Crippen LogP contribution in [-0.4, -0.2) is 54.5 Å². The molecule has 0 spiro atoms. The number of carbonyl (C=O) groups excluding carboxylic acids is 1. The summed E-state index contributed by atoms with van der Waals surface area (Å²) in [5, 5.41) is 3.49. The van der Waals surface area contributed by atoms with Gasteiger partial charge in [-0.15, -0.1) is 0 Å². The number of hydrogen-bond donors (Lipinski definition) is 1. The minimum Gasteiger partial charge on any atom is -0.324 e. The van der Waals surface area contributed by atoms with Crippen LogP contribution in [0.15, 0.2) is 22.7 Å². The van der Waals surface area contributed by atoms with Crippen molar-refractivity contribution < 1.29 is 4.79 Å². The van der Waals surface area contributed by atoms with E-state index in [-0.39, 0.29) is 5.91 Å². The Kier molecular flexibility index (Phi) is 5.96. The minimum absolute atomic E-state index is 0.0162. The highest BCUT2D eigenvalue weighted by Gasteiger charge is 2.28. The van der Waals surface area contributed by atoms with E-state index in [1.807, 2.05) is 12.1 Å². The fraction of sp³-hybridized carbons (Fsp3) is 0.588. The third kappa shape index (κ3) is 4.69. The number of hydrogen-bond acceptors (Lipinski definition) is 3. The summed E-state index contributed by atoms with van der Waals surface area (Å²) in [7, 11) is 0. The lowest BCUT2D eigenvalue weighted by atomic mass is 10.2. The highest BCUT2D eigenvalue weighted by Crippen LogP contribution is 2.26. The molecule has 2 aliphatic heterocycles. The predicted molar refractivity (Wildman–Crippen MR) is 98.1 cm³/mol. The Morgan fingerprint density at radius 1 is 1.26 bits per heavy atom. The van der Waals surface area contributed by atoms with Gasteiger partial charge in [-0.1, -0.05) is 27.5 Å². The molecule has 2 saturated heterocycles. The molecule has 2 fully saturated rings. The Bertz CT molecular complexity index is 563. The van der Waals surface area contributed by atoms with Crippen molar-refractivity contribution in [2.24, 2.45) is 0 Å². The molecular formula is C17H23BrClN3O. The van der Waals surface area contributed by atoms with Crippen LogP contribution in [0.1, 0.15) is 25.7 Å². The van der Waals surface area contributed by atoms with E-state index in [0.29, 0.717) is 23.3 Å². The number of benzene rings is 1. The van der Waals surface area contributed by atoms with Gasteiger partial charge in [0, 0.05) is 17.1 Å². The van der Waals surface area contributed by atoms with Gasteiger partial charge in [0.15, 0.2) is 0 Å². The second-order valence-electron chi connectivity index (χ2n) is 6.45. The molecule has 1 atom stereocenters. The maximum absolute atomic E-state index is 12.4. The zero-order valence-corrected chi connectivity index (χ0v) is 15.6. The van der Waals surface area contributed by atoms with Crippen molar-refractivity contribution in [2.75, 3.05) is 38.0 Å². The monoisotopic (exact) mass is 399 g/mol. The third-order valence-corrected chi connectivity index (χ3v) is 5.52. The number of anilines is 1. The first-order valence-electron chi connectivity index (χ1n) is 8.33. The molecule has 23 heavy (non-hydrogen) atoms. The average molecular weight is 401 g/mol. The van der Waals surface area contributed by atoms with Gasteiger partial charge in [-0.05, 0) is 63.5 Å². The molecule has 0 saturated carbocycles. The van der Waals surface area contributed by atoms with E-state index in [2.05, 4.69) is 31.0 Å². The van der Waals surface area contributed by atoms with E-state index in [1.165, 1.54) is 38.8 Å². The Balaban J connectivity index is 1.53. The summed E-state index contributed by atoms with van der Waals surface area (Å²) >= 11 is 9.54. The summed E-state index contributed by atoms with van der Waals surface area (Å²) in [5.41, 5.74) is 0.676. The van der Waals surface area contributed by atoms with E-state index >= 15 is 0 Å². The highest BCUT2D eigenvalue weighted by molar-refractivity contribution is 9.10. The molecule has 2 aliphatic rings. The lowest BCUT2D eigenvalue weighted by Crippen LogP contribution is -2.42. The van der Waals surface area contributed by atoms with E-state index in [4.69, 9.17) is 11.6 Å². The van der Waals surface area contributed by atoms with Gasteiger partial charge in [0.1, 0.15) is 0 Å². The molecule has 0 aromatic heterocycles. The molecule has 2 heterocycles. The number of halogens is 2. The van der Waals surface area contributed by atoms with Crippen molar-refractivity contribution in [3.8, 4) is 0 Å². The Hall–Kier alpha value is -0.620. The lowest BCUT2D eigenvalue weighted by molar-refractivity contribution is -0.117. The maximum Gasteiger partial charge on any atom is 0.238 e. The quantitative estimate of drug-likeness (QED) is 0.820. The predicted octanol–water partition coefficient (Wildman–Crippen LogP) is 3.60. The molecule has 1 aromatic carbocycles. The number of likely N-dealkylation sites (tertiary alicyclic amines) is 2. The van der Waals surface area contributed by atoms with Gasteiger partial charge in [-0.2, -0.15) is 0 Å². The summed E-state index contributed by atoms with van der Waals surface area (Å²) < 4.78 is 0.908.